The van der Waals surface area contributed by atoms with E-state index in [9.17, 15) is 0 Å². The van der Waals surface area contributed by atoms with E-state index in [2.05, 4.69) is 30.9 Å². The van der Waals surface area contributed by atoms with Crippen LogP contribution in [0.2, 0.25) is 0 Å². The molecule has 0 aliphatic carbocycles. The second-order valence-corrected chi connectivity index (χ2v) is 4.64. The van der Waals surface area contributed by atoms with Gasteiger partial charge in [-0.25, -0.2) is 9.50 Å². The molecule has 2 aromatic rings. The number of fused-ring (bicyclic) bond motifs is 1. The van der Waals surface area contributed by atoms with E-state index in [0.717, 1.165) is 36.4 Å². The van der Waals surface area contributed by atoms with Crippen LogP contribution < -0.4 is 4.90 Å². The van der Waals surface area contributed by atoms with E-state index in [0.29, 0.717) is 6.04 Å². The first-order valence-corrected chi connectivity index (χ1v) is 6.71. The largest absolute Gasteiger partial charge is 0.377 e. The average Bonchev–Trinajstić information content (AvgIpc) is 2.86. The summed E-state index contributed by atoms with van der Waals surface area (Å²) in [7, 11) is 0. The number of ether oxygens (including phenoxy) is 1. The SMILES string of the molecule is BrCC1COCCN1c1nccn2nccc12. The fourth-order valence-electron chi connectivity index (χ4n) is 2.13. The first-order valence-electron chi connectivity index (χ1n) is 5.59. The molecule has 1 saturated heterocycles. The molecule has 0 aromatic carbocycles. The molecule has 2 aromatic heterocycles. The molecule has 5 nitrogen and oxygen atoms in total. The number of nitrogens with zero attached hydrogens (tertiary/aromatic N) is 4. The van der Waals surface area contributed by atoms with Gasteiger partial charge in [0.2, 0.25) is 0 Å². The molecule has 0 N–H and O–H groups in total. The van der Waals surface area contributed by atoms with Crippen molar-refractivity contribution in [1.82, 2.24) is 14.6 Å². The number of rotatable bonds is 2. The molecular formula is C11H13BrN4O. The standard InChI is InChI=1S/C11H13BrN4O/c12-7-9-8-17-6-5-15(9)11-10-1-2-14-16(10)4-3-13-11/h1-4,9H,5-8H2. The third-order valence-corrected chi connectivity index (χ3v) is 3.73. The maximum absolute atomic E-state index is 5.50. The minimum atomic E-state index is 0.331. The molecule has 0 spiro atoms. The van der Waals surface area contributed by atoms with Crippen LogP contribution in [0.3, 0.4) is 0 Å². The molecule has 6 heteroatoms. The molecule has 1 unspecified atom stereocenters. The quantitative estimate of drug-likeness (QED) is 0.784. The van der Waals surface area contributed by atoms with E-state index in [1.54, 1.807) is 12.4 Å². The Bertz CT molecular complexity index is 515. The number of halogens is 1. The summed E-state index contributed by atoms with van der Waals surface area (Å²) in [5, 5.41) is 5.11. The van der Waals surface area contributed by atoms with Crippen molar-refractivity contribution in [3.63, 3.8) is 0 Å². The van der Waals surface area contributed by atoms with E-state index >= 15 is 0 Å². The van der Waals surface area contributed by atoms with Crippen molar-refractivity contribution in [2.75, 3.05) is 30.0 Å². The van der Waals surface area contributed by atoms with Crippen LogP contribution in [0.4, 0.5) is 5.82 Å². The van der Waals surface area contributed by atoms with E-state index in [4.69, 9.17) is 4.74 Å². The number of hydrogen-bond acceptors (Lipinski definition) is 4. The van der Waals surface area contributed by atoms with E-state index in [1.807, 2.05) is 16.8 Å². The Balaban J connectivity index is 2.04. The van der Waals surface area contributed by atoms with Gasteiger partial charge in [-0.2, -0.15) is 5.10 Å². The molecule has 0 bridgehead atoms. The van der Waals surface area contributed by atoms with Crippen LogP contribution in [0.25, 0.3) is 5.52 Å². The number of hydrogen-bond donors (Lipinski definition) is 0. The highest BCUT2D eigenvalue weighted by molar-refractivity contribution is 9.09. The Labute approximate surface area is 108 Å². The first-order chi connectivity index (χ1) is 8.40. The molecule has 1 fully saturated rings. The predicted molar refractivity (Wildman–Crippen MR) is 68.7 cm³/mol. The molecule has 3 rings (SSSR count). The van der Waals surface area contributed by atoms with Gasteiger partial charge in [0, 0.05) is 24.3 Å². The molecule has 3 heterocycles. The summed E-state index contributed by atoms with van der Waals surface area (Å²) in [5.74, 6) is 0.984. The number of aromatic nitrogens is 3. The highest BCUT2D eigenvalue weighted by Gasteiger charge is 2.24. The van der Waals surface area contributed by atoms with Crippen LogP contribution in [-0.2, 0) is 4.74 Å². The van der Waals surface area contributed by atoms with Crippen LogP contribution in [0, 0.1) is 0 Å². The highest BCUT2D eigenvalue weighted by Crippen LogP contribution is 2.22. The van der Waals surface area contributed by atoms with E-state index in [1.165, 1.54) is 0 Å². The third kappa shape index (κ3) is 1.91. The van der Waals surface area contributed by atoms with Crippen LogP contribution in [-0.4, -0.2) is 45.7 Å². The summed E-state index contributed by atoms with van der Waals surface area (Å²) in [4.78, 5) is 6.78. The van der Waals surface area contributed by atoms with Gasteiger partial charge in [-0.3, -0.25) is 0 Å². The number of alkyl halides is 1. The van der Waals surface area contributed by atoms with Crippen molar-refractivity contribution in [3.8, 4) is 0 Å². The summed E-state index contributed by atoms with van der Waals surface area (Å²) in [6.45, 7) is 2.36. The van der Waals surface area contributed by atoms with Crippen molar-refractivity contribution >= 4 is 27.3 Å². The zero-order chi connectivity index (χ0) is 11.7. The molecule has 90 valence electrons. The zero-order valence-corrected chi connectivity index (χ0v) is 10.9. The Morgan fingerprint density at radius 2 is 2.41 bits per heavy atom. The lowest BCUT2D eigenvalue weighted by Gasteiger charge is -2.35. The fraction of sp³-hybridized carbons (Fsp3) is 0.455. The van der Waals surface area contributed by atoms with Gasteiger partial charge in [0.05, 0.1) is 25.5 Å². The lowest BCUT2D eigenvalue weighted by Crippen LogP contribution is -2.47. The van der Waals surface area contributed by atoms with Crippen molar-refractivity contribution < 1.29 is 4.74 Å². The van der Waals surface area contributed by atoms with Crippen molar-refractivity contribution in [2.45, 2.75) is 6.04 Å². The highest BCUT2D eigenvalue weighted by atomic mass is 79.9. The predicted octanol–water partition coefficient (Wildman–Crippen LogP) is 1.33. The Hall–Kier alpha value is -1.14. The van der Waals surface area contributed by atoms with Gasteiger partial charge in [-0.1, -0.05) is 15.9 Å². The summed E-state index contributed by atoms with van der Waals surface area (Å²) >= 11 is 3.53. The molecule has 0 radical (unpaired) electrons. The summed E-state index contributed by atoms with van der Waals surface area (Å²) < 4.78 is 7.35. The lowest BCUT2D eigenvalue weighted by atomic mass is 10.2. The van der Waals surface area contributed by atoms with Crippen molar-refractivity contribution in [2.24, 2.45) is 0 Å². The van der Waals surface area contributed by atoms with E-state index < -0.39 is 0 Å². The lowest BCUT2D eigenvalue weighted by molar-refractivity contribution is 0.100. The molecule has 1 aliphatic heterocycles. The number of anilines is 1. The van der Waals surface area contributed by atoms with Gasteiger partial charge in [0.15, 0.2) is 5.82 Å². The van der Waals surface area contributed by atoms with Gasteiger partial charge in [0.25, 0.3) is 0 Å². The first kappa shape index (κ1) is 11.0. The molecule has 0 saturated carbocycles. The molecular weight excluding hydrogens is 284 g/mol. The third-order valence-electron chi connectivity index (χ3n) is 2.98. The van der Waals surface area contributed by atoms with E-state index in [-0.39, 0.29) is 0 Å². The van der Waals surface area contributed by atoms with Gasteiger partial charge >= 0.3 is 0 Å². The minimum Gasteiger partial charge on any atom is -0.377 e. The molecule has 1 aliphatic rings. The summed E-state index contributed by atoms with van der Waals surface area (Å²) in [5.41, 5.74) is 1.04. The maximum Gasteiger partial charge on any atom is 0.155 e. The van der Waals surface area contributed by atoms with Crippen molar-refractivity contribution in [3.05, 3.63) is 24.7 Å². The van der Waals surface area contributed by atoms with Gasteiger partial charge in [-0.15, -0.1) is 0 Å². The van der Waals surface area contributed by atoms with Crippen LogP contribution >= 0.6 is 15.9 Å². The van der Waals surface area contributed by atoms with Crippen molar-refractivity contribution in [1.29, 1.82) is 0 Å². The molecule has 0 amide bonds. The van der Waals surface area contributed by atoms with Crippen LogP contribution in [0.15, 0.2) is 24.7 Å². The summed E-state index contributed by atoms with van der Waals surface area (Å²) in [6, 6.07) is 2.32. The Morgan fingerprint density at radius 1 is 1.47 bits per heavy atom. The zero-order valence-electron chi connectivity index (χ0n) is 9.29. The smallest absolute Gasteiger partial charge is 0.155 e. The average molecular weight is 297 g/mol. The summed E-state index contributed by atoms with van der Waals surface area (Å²) in [6.07, 6.45) is 5.45. The van der Waals surface area contributed by atoms with Gasteiger partial charge in [0.1, 0.15) is 5.52 Å². The number of morpholine rings is 1. The topological polar surface area (TPSA) is 42.7 Å². The minimum absolute atomic E-state index is 0.331. The Morgan fingerprint density at radius 3 is 3.29 bits per heavy atom. The second kappa shape index (κ2) is 4.62. The fourth-order valence-corrected chi connectivity index (χ4v) is 2.66. The molecule has 1 atom stereocenters. The maximum atomic E-state index is 5.50. The monoisotopic (exact) mass is 296 g/mol. The normalized spacial score (nSPS) is 21.0. The van der Waals surface area contributed by atoms with Crippen LogP contribution in [0.5, 0.6) is 0 Å². The van der Waals surface area contributed by atoms with Gasteiger partial charge in [-0.05, 0) is 6.07 Å². The Kier molecular flexibility index (Phi) is 2.98. The second-order valence-electron chi connectivity index (χ2n) is 3.99. The van der Waals surface area contributed by atoms with Gasteiger partial charge < -0.3 is 9.64 Å². The van der Waals surface area contributed by atoms with Crippen LogP contribution in [0.1, 0.15) is 0 Å². The molecule has 17 heavy (non-hydrogen) atoms.